The van der Waals surface area contributed by atoms with E-state index in [1.807, 2.05) is 20.8 Å². The van der Waals surface area contributed by atoms with Crippen LogP contribution in [0.15, 0.2) is 4.99 Å². The van der Waals surface area contributed by atoms with Crippen molar-refractivity contribution in [3.63, 3.8) is 0 Å². The summed E-state index contributed by atoms with van der Waals surface area (Å²) in [6.07, 6.45) is 3.09. The van der Waals surface area contributed by atoms with Gasteiger partial charge in [-0.05, 0) is 40.0 Å². The number of amides is 1. The van der Waals surface area contributed by atoms with Crippen LogP contribution in [0.25, 0.3) is 0 Å². The van der Waals surface area contributed by atoms with Crippen LogP contribution in [0.2, 0.25) is 0 Å². The second kappa shape index (κ2) is 10.8. The van der Waals surface area contributed by atoms with E-state index in [-0.39, 0.29) is 36.1 Å². The third-order valence-electron chi connectivity index (χ3n) is 4.98. The quantitative estimate of drug-likeness (QED) is 0.451. The lowest BCUT2D eigenvalue weighted by Gasteiger charge is -2.39. The Morgan fingerprint density at radius 3 is 2.75 bits per heavy atom. The fourth-order valence-electron chi connectivity index (χ4n) is 3.59. The number of nitrogens with zero attached hydrogens (tertiary/aromatic N) is 3. The molecule has 8 nitrogen and oxygen atoms in total. The number of rotatable bonds is 5. The molecule has 1 unspecified atom stereocenters. The fraction of sp³-hybridized carbons (Fsp3) is 0.895. The first kappa shape index (κ1) is 23.5. The van der Waals surface area contributed by atoms with Crippen molar-refractivity contribution in [2.45, 2.75) is 57.8 Å². The smallest absolute Gasteiger partial charge is 0.410 e. The molecule has 3 heterocycles. The minimum absolute atomic E-state index is 0. The zero-order valence-electron chi connectivity index (χ0n) is 17.3. The van der Waals surface area contributed by atoms with Crippen LogP contribution in [-0.4, -0.2) is 92.1 Å². The highest BCUT2D eigenvalue weighted by atomic mass is 127. The van der Waals surface area contributed by atoms with E-state index >= 15 is 0 Å². The van der Waals surface area contributed by atoms with Gasteiger partial charge >= 0.3 is 6.09 Å². The Morgan fingerprint density at radius 1 is 1.29 bits per heavy atom. The molecule has 28 heavy (non-hydrogen) atoms. The molecule has 162 valence electrons. The maximum Gasteiger partial charge on any atom is 0.410 e. The molecule has 3 rings (SSSR count). The van der Waals surface area contributed by atoms with Gasteiger partial charge in [0, 0.05) is 46.0 Å². The average Bonchev–Trinajstić information content (AvgIpc) is 3.03. The molecule has 2 fully saturated rings. The monoisotopic (exact) mass is 510 g/mol. The second-order valence-electron chi connectivity index (χ2n) is 8.40. The van der Waals surface area contributed by atoms with Gasteiger partial charge in [0.25, 0.3) is 0 Å². The zero-order chi connectivity index (χ0) is 19.3. The Balaban J connectivity index is 0.00000280. The Kier molecular flexibility index (Phi) is 9.07. The molecule has 0 bridgehead atoms. The lowest BCUT2D eigenvalue weighted by molar-refractivity contribution is -0.0320. The van der Waals surface area contributed by atoms with Gasteiger partial charge in [-0.25, -0.2) is 4.79 Å². The largest absolute Gasteiger partial charge is 0.444 e. The molecule has 0 aliphatic carbocycles. The minimum Gasteiger partial charge on any atom is -0.444 e. The number of hydrogen-bond acceptors (Lipinski definition) is 7. The summed E-state index contributed by atoms with van der Waals surface area (Å²) in [4.78, 5) is 21.0. The van der Waals surface area contributed by atoms with Crippen LogP contribution in [0.3, 0.4) is 0 Å². The van der Waals surface area contributed by atoms with E-state index in [0.29, 0.717) is 19.2 Å². The molecule has 0 aromatic heterocycles. The van der Waals surface area contributed by atoms with Gasteiger partial charge in [-0.3, -0.25) is 4.99 Å². The van der Waals surface area contributed by atoms with Crippen LogP contribution in [0.5, 0.6) is 0 Å². The SMILES string of the molecule is CC(C)(C)OC(=O)N1CCN2C(NCCCOC3CCOCC3)=NCC2C1.I. The van der Waals surface area contributed by atoms with Gasteiger partial charge in [-0.1, -0.05) is 0 Å². The lowest BCUT2D eigenvalue weighted by Crippen LogP contribution is -2.57. The standard InChI is InChI=1S/C19H34N4O4.HI/c1-19(2,3)27-18(24)22-8-9-23-15(14-22)13-21-17(23)20-7-4-10-26-16-5-11-25-12-6-16;/h15-16H,4-14H2,1-3H3,(H,20,21);1H. The number of fused-ring (bicyclic) bond motifs is 1. The van der Waals surface area contributed by atoms with Crippen molar-refractivity contribution in [2.75, 3.05) is 52.5 Å². The highest BCUT2D eigenvalue weighted by Gasteiger charge is 2.36. The molecule has 2 saturated heterocycles. The number of piperazine rings is 1. The van der Waals surface area contributed by atoms with Gasteiger partial charge in [-0.2, -0.15) is 0 Å². The van der Waals surface area contributed by atoms with Gasteiger partial charge < -0.3 is 29.3 Å². The molecule has 0 aromatic carbocycles. The van der Waals surface area contributed by atoms with E-state index in [2.05, 4.69) is 15.2 Å². The lowest BCUT2D eigenvalue weighted by atomic mass is 10.1. The maximum absolute atomic E-state index is 12.3. The number of hydrogen-bond donors (Lipinski definition) is 1. The van der Waals surface area contributed by atoms with Crippen molar-refractivity contribution in [2.24, 2.45) is 4.99 Å². The van der Waals surface area contributed by atoms with Gasteiger partial charge in [0.1, 0.15) is 5.60 Å². The summed E-state index contributed by atoms with van der Waals surface area (Å²) in [5, 5.41) is 3.44. The van der Waals surface area contributed by atoms with E-state index in [0.717, 1.165) is 64.7 Å². The van der Waals surface area contributed by atoms with E-state index in [4.69, 9.17) is 14.2 Å². The van der Waals surface area contributed by atoms with Gasteiger partial charge in [0.05, 0.1) is 18.7 Å². The zero-order valence-corrected chi connectivity index (χ0v) is 19.6. The number of aliphatic imine (C=N–C) groups is 1. The Hall–Kier alpha value is -0.810. The Labute approximate surface area is 185 Å². The number of carbonyl (C=O) groups is 1. The number of carbonyl (C=O) groups excluding carboxylic acids is 1. The van der Waals surface area contributed by atoms with Gasteiger partial charge in [0.15, 0.2) is 5.96 Å². The maximum atomic E-state index is 12.3. The summed E-state index contributed by atoms with van der Waals surface area (Å²) >= 11 is 0. The summed E-state index contributed by atoms with van der Waals surface area (Å²) in [6, 6.07) is 0.243. The van der Waals surface area contributed by atoms with Crippen LogP contribution in [0.4, 0.5) is 4.79 Å². The van der Waals surface area contributed by atoms with Crippen LogP contribution in [-0.2, 0) is 14.2 Å². The van der Waals surface area contributed by atoms with Crippen molar-refractivity contribution in [1.82, 2.24) is 15.1 Å². The molecule has 9 heteroatoms. The molecule has 0 saturated carbocycles. The topological polar surface area (TPSA) is 75.6 Å². The highest BCUT2D eigenvalue weighted by Crippen LogP contribution is 2.18. The number of ether oxygens (including phenoxy) is 3. The van der Waals surface area contributed by atoms with Crippen LogP contribution in [0.1, 0.15) is 40.0 Å². The van der Waals surface area contributed by atoms with E-state index in [1.54, 1.807) is 4.90 Å². The molecule has 0 spiro atoms. The van der Waals surface area contributed by atoms with Crippen LogP contribution < -0.4 is 5.32 Å². The summed E-state index contributed by atoms with van der Waals surface area (Å²) < 4.78 is 16.7. The van der Waals surface area contributed by atoms with Crippen LogP contribution >= 0.6 is 24.0 Å². The summed E-state index contributed by atoms with van der Waals surface area (Å²) in [5.74, 6) is 0.954. The molecule has 1 N–H and O–H groups in total. The van der Waals surface area contributed by atoms with Crippen molar-refractivity contribution < 1.29 is 19.0 Å². The molecule has 3 aliphatic heterocycles. The van der Waals surface area contributed by atoms with Gasteiger partial charge in [0.2, 0.25) is 0 Å². The van der Waals surface area contributed by atoms with Crippen molar-refractivity contribution in [1.29, 1.82) is 0 Å². The average molecular weight is 510 g/mol. The predicted molar refractivity (Wildman–Crippen MR) is 118 cm³/mol. The molecular formula is C19H35IN4O4. The first-order valence-corrected chi connectivity index (χ1v) is 10.1. The Bertz CT molecular complexity index is 535. The number of guanidine groups is 1. The first-order chi connectivity index (χ1) is 12.9. The number of nitrogens with one attached hydrogen (secondary N) is 1. The van der Waals surface area contributed by atoms with E-state index < -0.39 is 5.60 Å². The van der Waals surface area contributed by atoms with Crippen molar-refractivity contribution in [3.05, 3.63) is 0 Å². The molecule has 3 aliphatic rings. The summed E-state index contributed by atoms with van der Waals surface area (Å²) in [6.45, 7) is 11.8. The minimum atomic E-state index is -0.459. The predicted octanol–water partition coefficient (Wildman–Crippen LogP) is 2.07. The van der Waals surface area contributed by atoms with E-state index in [1.165, 1.54) is 0 Å². The molecule has 1 amide bonds. The first-order valence-electron chi connectivity index (χ1n) is 10.1. The summed E-state index contributed by atoms with van der Waals surface area (Å²) in [7, 11) is 0. The second-order valence-corrected chi connectivity index (χ2v) is 8.40. The molecule has 0 aromatic rings. The number of halogens is 1. The van der Waals surface area contributed by atoms with Crippen molar-refractivity contribution in [3.8, 4) is 0 Å². The Morgan fingerprint density at radius 2 is 2.04 bits per heavy atom. The third-order valence-corrected chi connectivity index (χ3v) is 4.98. The fourth-order valence-corrected chi connectivity index (χ4v) is 3.59. The third kappa shape index (κ3) is 6.91. The molecular weight excluding hydrogens is 475 g/mol. The van der Waals surface area contributed by atoms with Crippen molar-refractivity contribution >= 4 is 36.0 Å². The van der Waals surface area contributed by atoms with E-state index in [9.17, 15) is 4.79 Å². The van der Waals surface area contributed by atoms with Gasteiger partial charge in [-0.15, -0.1) is 24.0 Å². The van der Waals surface area contributed by atoms with Crippen LogP contribution in [0, 0.1) is 0 Å². The normalized spacial score (nSPS) is 23.0. The molecule has 1 atom stereocenters. The highest BCUT2D eigenvalue weighted by molar-refractivity contribution is 14.0. The molecule has 0 radical (unpaired) electrons. The summed E-state index contributed by atoms with van der Waals surface area (Å²) in [5.41, 5.74) is -0.459.